The normalized spacial score (nSPS) is 14.2. The zero-order valence-electron chi connectivity index (χ0n) is 21.8. The van der Waals surface area contributed by atoms with E-state index in [1.165, 1.54) is 24.3 Å². The third kappa shape index (κ3) is 5.56. The average molecular weight is 539 g/mol. The summed E-state index contributed by atoms with van der Waals surface area (Å²) in [6.45, 7) is 8.78. The number of fused-ring (bicyclic) bond motifs is 1. The van der Waals surface area contributed by atoms with Gasteiger partial charge < -0.3 is 20.5 Å². The fourth-order valence-corrected chi connectivity index (χ4v) is 5.25. The summed E-state index contributed by atoms with van der Waals surface area (Å²) < 4.78 is 38.0. The smallest absolute Gasteiger partial charge is 0.256 e. The van der Waals surface area contributed by atoms with Crippen molar-refractivity contribution in [2.75, 3.05) is 37.8 Å². The number of aromatic nitrogens is 1. The minimum absolute atomic E-state index is 0.0911. The van der Waals surface area contributed by atoms with Crippen LogP contribution >= 0.6 is 0 Å². The summed E-state index contributed by atoms with van der Waals surface area (Å²) in [6.07, 6.45) is 2.71. The van der Waals surface area contributed by atoms with Crippen LogP contribution in [0.1, 0.15) is 41.2 Å². The van der Waals surface area contributed by atoms with Crippen LogP contribution in [0.5, 0.6) is 0 Å². The van der Waals surface area contributed by atoms with Crippen molar-refractivity contribution in [1.29, 1.82) is 0 Å². The first-order chi connectivity index (χ1) is 18.0. The number of aryl methyl sites for hydroxylation is 1. The van der Waals surface area contributed by atoms with Gasteiger partial charge >= 0.3 is 0 Å². The minimum atomic E-state index is -3.49. The lowest BCUT2D eigenvalue weighted by molar-refractivity contribution is -0.110. The van der Waals surface area contributed by atoms with Crippen molar-refractivity contribution in [3.05, 3.63) is 70.8 Å². The van der Waals surface area contributed by atoms with Crippen LogP contribution < -0.4 is 10.6 Å². The molecule has 0 radical (unpaired) electrons. The van der Waals surface area contributed by atoms with Crippen LogP contribution in [-0.2, 0) is 14.6 Å². The van der Waals surface area contributed by atoms with Gasteiger partial charge in [0.2, 0.25) is 0 Å². The summed E-state index contributed by atoms with van der Waals surface area (Å²) in [4.78, 5) is 31.8. The molecule has 0 spiro atoms. The summed E-state index contributed by atoms with van der Waals surface area (Å²) in [5.74, 6) is -1.10. The Bertz CT molecular complexity index is 1520. The fourth-order valence-electron chi connectivity index (χ4n) is 4.60. The van der Waals surface area contributed by atoms with Crippen LogP contribution in [0.15, 0.2) is 47.4 Å². The zero-order valence-corrected chi connectivity index (χ0v) is 22.6. The maximum atomic E-state index is 13.7. The van der Waals surface area contributed by atoms with E-state index >= 15 is 0 Å². The molecule has 2 heterocycles. The largest absolute Gasteiger partial charge is 0.358 e. The second-order valence-corrected chi connectivity index (χ2v) is 11.2. The van der Waals surface area contributed by atoms with Gasteiger partial charge in [0.1, 0.15) is 5.82 Å². The molecule has 38 heavy (non-hydrogen) atoms. The lowest BCUT2D eigenvalue weighted by atomic mass is 9.97. The number of amides is 2. The lowest BCUT2D eigenvalue weighted by Gasteiger charge is -2.18. The number of benzene rings is 2. The highest BCUT2D eigenvalue weighted by atomic mass is 32.2. The van der Waals surface area contributed by atoms with E-state index in [9.17, 15) is 22.4 Å². The Morgan fingerprint density at radius 1 is 1.11 bits per heavy atom. The number of aromatic amines is 1. The first-order valence-corrected chi connectivity index (χ1v) is 14.3. The van der Waals surface area contributed by atoms with E-state index in [4.69, 9.17) is 0 Å². The van der Waals surface area contributed by atoms with E-state index in [1.54, 1.807) is 31.2 Å². The molecule has 0 saturated heterocycles. The van der Waals surface area contributed by atoms with Gasteiger partial charge in [-0.15, -0.1) is 0 Å². The topological polar surface area (TPSA) is 111 Å². The number of nitrogens with zero attached hydrogens (tertiary/aromatic N) is 1. The van der Waals surface area contributed by atoms with E-state index in [0.29, 0.717) is 52.4 Å². The van der Waals surface area contributed by atoms with Gasteiger partial charge in [0.15, 0.2) is 9.84 Å². The van der Waals surface area contributed by atoms with Gasteiger partial charge in [-0.1, -0.05) is 26.0 Å². The summed E-state index contributed by atoms with van der Waals surface area (Å²) in [5.41, 5.74) is 3.77. The maximum Gasteiger partial charge on any atom is 0.256 e. The molecular formula is C28H31FN4O4S. The van der Waals surface area contributed by atoms with Crippen LogP contribution in [0, 0.1) is 12.7 Å². The Labute approximate surface area is 221 Å². The number of hydrogen-bond acceptors (Lipinski definition) is 5. The van der Waals surface area contributed by atoms with E-state index in [2.05, 4.69) is 34.4 Å². The van der Waals surface area contributed by atoms with Crippen LogP contribution in [0.3, 0.4) is 0 Å². The molecule has 3 aromatic rings. The van der Waals surface area contributed by atoms with Gasteiger partial charge in [-0.2, -0.15) is 0 Å². The number of halogens is 1. The molecule has 3 N–H and O–H groups in total. The molecule has 2 aromatic carbocycles. The molecule has 200 valence electrons. The van der Waals surface area contributed by atoms with Crippen molar-refractivity contribution in [3.63, 3.8) is 0 Å². The molecule has 0 bridgehead atoms. The van der Waals surface area contributed by atoms with Gasteiger partial charge in [-0.25, -0.2) is 12.8 Å². The van der Waals surface area contributed by atoms with Gasteiger partial charge in [-0.3, -0.25) is 9.59 Å². The summed E-state index contributed by atoms with van der Waals surface area (Å²) in [6, 6.07) is 10.2. The molecular weight excluding hydrogens is 507 g/mol. The number of H-pyrrole nitrogens is 1. The minimum Gasteiger partial charge on any atom is -0.358 e. The number of carbonyl (C=O) groups excluding carboxylic acids is 2. The van der Waals surface area contributed by atoms with Gasteiger partial charge in [0.25, 0.3) is 11.8 Å². The van der Waals surface area contributed by atoms with Gasteiger partial charge in [0.05, 0.1) is 16.0 Å². The number of carbonyl (C=O) groups is 2. The van der Waals surface area contributed by atoms with Gasteiger partial charge in [-0.05, 0) is 62.0 Å². The van der Waals surface area contributed by atoms with Crippen molar-refractivity contribution in [2.45, 2.75) is 25.7 Å². The highest BCUT2D eigenvalue weighted by Gasteiger charge is 2.28. The number of likely N-dealkylation sites (N-methyl/N-ethyl adjacent to an activating group) is 1. The highest BCUT2D eigenvalue weighted by Crippen LogP contribution is 2.38. The molecule has 0 aliphatic carbocycles. The maximum absolute atomic E-state index is 13.7. The molecule has 4 rings (SSSR count). The number of sulfone groups is 1. The van der Waals surface area contributed by atoms with E-state index in [1.807, 2.05) is 0 Å². The summed E-state index contributed by atoms with van der Waals surface area (Å²) in [7, 11) is -3.49. The van der Waals surface area contributed by atoms with Crippen molar-refractivity contribution >= 4 is 39.0 Å². The SMILES string of the molecule is CCN(CC)CCNC(=O)c1c(C)[nH]c(/C=C2\C(=O)Nc3ccc(S(C)(=O)=O)cc32)c1-c1ccc(F)cc1. The van der Waals surface area contributed by atoms with Crippen molar-refractivity contribution in [1.82, 2.24) is 15.2 Å². The summed E-state index contributed by atoms with van der Waals surface area (Å²) >= 11 is 0. The Balaban J connectivity index is 1.81. The molecule has 8 nitrogen and oxygen atoms in total. The molecule has 2 amide bonds. The molecule has 0 atom stereocenters. The molecule has 0 unspecified atom stereocenters. The average Bonchev–Trinajstić information content (AvgIpc) is 3.37. The highest BCUT2D eigenvalue weighted by molar-refractivity contribution is 7.90. The Kier molecular flexibility index (Phi) is 7.84. The third-order valence-electron chi connectivity index (χ3n) is 6.68. The first-order valence-electron chi connectivity index (χ1n) is 12.4. The summed E-state index contributed by atoms with van der Waals surface area (Å²) in [5, 5.41) is 5.73. The van der Waals surface area contributed by atoms with E-state index in [0.717, 1.165) is 19.3 Å². The number of anilines is 1. The van der Waals surface area contributed by atoms with Crippen LogP contribution in [0.2, 0.25) is 0 Å². The first kappa shape index (κ1) is 27.3. The van der Waals surface area contributed by atoms with Gasteiger partial charge in [0, 0.05) is 47.5 Å². The van der Waals surface area contributed by atoms with E-state index in [-0.39, 0.29) is 16.4 Å². The Morgan fingerprint density at radius 2 is 1.79 bits per heavy atom. The van der Waals surface area contributed by atoms with Crippen LogP contribution in [-0.4, -0.2) is 62.6 Å². The predicted molar refractivity (Wildman–Crippen MR) is 147 cm³/mol. The Morgan fingerprint density at radius 3 is 2.42 bits per heavy atom. The predicted octanol–water partition coefficient (Wildman–Crippen LogP) is 4.10. The molecule has 1 aliphatic rings. The van der Waals surface area contributed by atoms with Crippen LogP contribution in [0.25, 0.3) is 22.8 Å². The third-order valence-corrected chi connectivity index (χ3v) is 7.79. The second kappa shape index (κ2) is 10.9. The number of hydrogen-bond donors (Lipinski definition) is 3. The van der Waals surface area contributed by atoms with Crippen molar-refractivity contribution in [2.24, 2.45) is 0 Å². The van der Waals surface area contributed by atoms with Crippen molar-refractivity contribution in [3.8, 4) is 11.1 Å². The van der Waals surface area contributed by atoms with E-state index < -0.39 is 21.6 Å². The van der Waals surface area contributed by atoms with Crippen LogP contribution in [0.4, 0.5) is 10.1 Å². The number of nitrogens with one attached hydrogen (secondary N) is 3. The molecule has 10 heteroatoms. The number of rotatable bonds is 9. The fraction of sp³-hybridized carbons (Fsp3) is 0.286. The monoisotopic (exact) mass is 538 g/mol. The van der Waals surface area contributed by atoms with Crippen molar-refractivity contribution < 1.29 is 22.4 Å². The molecule has 0 saturated carbocycles. The standard InChI is InChI=1S/C28H31FN4O4S/c1-5-33(6-2)14-13-30-28(35)25-17(3)31-24(26(25)18-7-9-19(29)10-8-18)16-22-21-15-20(38(4,36)37)11-12-23(21)32-27(22)34/h7-12,15-16,31H,5-6,13-14H2,1-4H3,(H,30,35)(H,32,34)/b22-16-. The quantitative estimate of drug-likeness (QED) is 0.355. The zero-order chi connectivity index (χ0) is 27.6. The molecule has 0 fully saturated rings. The molecule has 1 aliphatic heterocycles. The lowest BCUT2D eigenvalue weighted by Crippen LogP contribution is -2.35. The molecule has 1 aromatic heterocycles. The Hall–Kier alpha value is -3.76. The second-order valence-electron chi connectivity index (χ2n) is 9.20.